The summed E-state index contributed by atoms with van der Waals surface area (Å²) in [6, 6.07) is 10.4. The number of rotatable bonds is 5. The Hall–Kier alpha value is -2.31. The number of carbonyl (C=O) groups is 1. The van der Waals surface area contributed by atoms with Gasteiger partial charge in [-0.1, -0.05) is 30.3 Å². The van der Waals surface area contributed by atoms with Gasteiger partial charge in [0.05, 0.1) is 24.6 Å². The number of benzene rings is 1. The Labute approximate surface area is 141 Å². The van der Waals surface area contributed by atoms with Gasteiger partial charge in [0, 0.05) is 32.4 Å². The summed E-state index contributed by atoms with van der Waals surface area (Å²) in [6.07, 6.45) is 3.08. The number of hydrogen-bond acceptors (Lipinski definition) is 5. The van der Waals surface area contributed by atoms with Crippen LogP contribution in [0, 0.1) is 6.92 Å². The quantitative estimate of drug-likeness (QED) is 0.900. The molecule has 0 saturated carbocycles. The molecule has 1 saturated heterocycles. The molecule has 0 radical (unpaired) electrons. The van der Waals surface area contributed by atoms with E-state index in [-0.39, 0.29) is 12.0 Å². The van der Waals surface area contributed by atoms with E-state index in [0.29, 0.717) is 18.8 Å². The minimum atomic E-state index is -0.216. The fraction of sp³-hybridized carbons (Fsp3) is 0.389. The van der Waals surface area contributed by atoms with E-state index in [0.717, 1.165) is 25.3 Å². The number of carbonyl (C=O) groups excluding carboxylic acids is 1. The number of amides is 1. The SMILES string of the molecule is Cc1cnc(C(=O)NCC2CN(Cc3ccccc3)CCO2)cn1. The van der Waals surface area contributed by atoms with E-state index >= 15 is 0 Å². The first-order valence-electron chi connectivity index (χ1n) is 8.15. The van der Waals surface area contributed by atoms with Crippen LogP contribution in [0.25, 0.3) is 0 Å². The van der Waals surface area contributed by atoms with Gasteiger partial charge in [-0.2, -0.15) is 0 Å². The topological polar surface area (TPSA) is 67.4 Å². The Bertz CT molecular complexity index is 660. The lowest BCUT2D eigenvalue weighted by Gasteiger charge is -2.33. The van der Waals surface area contributed by atoms with Crippen LogP contribution in [0.3, 0.4) is 0 Å². The predicted molar refractivity (Wildman–Crippen MR) is 90.6 cm³/mol. The molecule has 1 fully saturated rings. The number of ether oxygens (including phenoxy) is 1. The monoisotopic (exact) mass is 326 g/mol. The molecule has 0 spiro atoms. The van der Waals surface area contributed by atoms with Crippen LogP contribution in [0.5, 0.6) is 0 Å². The van der Waals surface area contributed by atoms with Gasteiger partial charge >= 0.3 is 0 Å². The van der Waals surface area contributed by atoms with Gasteiger partial charge in [0.1, 0.15) is 5.69 Å². The van der Waals surface area contributed by atoms with Gasteiger partial charge in [-0.05, 0) is 12.5 Å². The smallest absolute Gasteiger partial charge is 0.271 e. The fourth-order valence-electron chi connectivity index (χ4n) is 2.70. The van der Waals surface area contributed by atoms with E-state index in [1.165, 1.54) is 11.8 Å². The van der Waals surface area contributed by atoms with Crippen LogP contribution in [0.15, 0.2) is 42.7 Å². The minimum absolute atomic E-state index is 0.00943. The van der Waals surface area contributed by atoms with E-state index in [9.17, 15) is 4.79 Å². The van der Waals surface area contributed by atoms with Crippen molar-refractivity contribution in [3.63, 3.8) is 0 Å². The molecule has 6 heteroatoms. The molecule has 1 aromatic heterocycles. The summed E-state index contributed by atoms with van der Waals surface area (Å²) in [5.41, 5.74) is 2.41. The number of aromatic nitrogens is 2. The standard InChI is InChI=1S/C18H22N4O2/c1-14-9-20-17(11-19-14)18(23)21-10-16-13-22(7-8-24-16)12-15-5-3-2-4-6-15/h2-6,9,11,16H,7-8,10,12-13H2,1H3,(H,21,23). The highest BCUT2D eigenvalue weighted by Crippen LogP contribution is 2.10. The molecule has 3 rings (SSSR count). The number of aryl methyl sites for hydroxylation is 1. The van der Waals surface area contributed by atoms with Crippen molar-refractivity contribution >= 4 is 5.91 Å². The molecule has 6 nitrogen and oxygen atoms in total. The maximum atomic E-state index is 12.1. The molecule has 24 heavy (non-hydrogen) atoms. The number of nitrogens with one attached hydrogen (secondary N) is 1. The Kier molecular flexibility index (Phi) is 5.51. The molecule has 1 amide bonds. The molecule has 2 aromatic rings. The number of nitrogens with zero attached hydrogens (tertiary/aromatic N) is 3. The Morgan fingerprint density at radius 3 is 2.88 bits per heavy atom. The zero-order valence-corrected chi connectivity index (χ0v) is 13.8. The van der Waals surface area contributed by atoms with Gasteiger partial charge in [-0.25, -0.2) is 4.98 Å². The molecule has 1 aliphatic rings. The minimum Gasteiger partial charge on any atom is -0.374 e. The first-order chi connectivity index (χ1) is 11.7. The third-order valence-corrected chi connectivity index (χ3v) is 3.98. The zero-order chi connectivity index (χ0) is 16.8. The Balaban J connectivity index is 1.48. The van der Waals surface area contributed by atoms with Crippen molar-refractivity contribution < 1.29 is 9.53 Å². The van der Waals surface area contributed by atoms with Crippen LogP contribution in [-0.4, -0.2) is 53.1 Å². The number of hydrogen-bond donors (Lipinski definition) is 1. The summed E-state index contributed by atoms with van der Waals surface area (Å²) < 4.78 is 5.76. The normalized spacial score (nSPS) is 18.3. The van der Waals surface area contributed by atoms with Gasteiger partial charge in [-0.15, -0.1) is 0 Å². The largest absolute Gasteiger partial charge is 0.374 e. The zero-order valence-electron chi connectivity index (χ0n) is 13.8. The lowest BCUT2D eigenvalue weighted by Crippen LogP contribution is -2.47. The lowest BCUT2D eigenvalue weighted by atomic mass is 10.2. The predicted octanol–water partition coefficient (Wildman–Crippen LogP) is 1.42. The molecular weight excluding hydrogens is 304 g/mol. The Morgan fingerprint density at radius 2 is 2.12 bits per heavy atom. The summed E-state index contributed by atoms with van der Waals surface area (Å²) in [6.45, 7) is 5.60. The molecule has 1 N–H and O–H groups in total. The molecule has 1 aromatic carbocycles. The first kappa shape index (κ1) is 16.5. The van der Waals surface area contributed by atoms with Crippen LogP contribution in [0.1, 0.15) is 21.7 Å². The highest BCUT2D eigenvalue weighted by Gasteiger charge is 2.21. The second-order valence-electron chi connectivity index (χ2n) is 5.97. The van der Waals surface area contributed by atoms with Crippen LogP contribution < -0.4 is 5.32 Å². The second-order valence-corrected chi connectivity index (χ2v) is 5.97. The van der Waals surface area contributed by atoms with Crippen LogP contribution in [0.2, 0.25) is 0 Å². The Morgan fingerprint density at radius 1 is 1.29 bits per heavy atom. The van der Waals surface area contributed by atoms with Crippen molar-refractivity contribution in [1.82, 2.24) is 20.2 Å². The molecule has 1 aliphatic heterocycles. The van der Waals surface area contributed by atoms with E-state index in [1.54, 1.807) is 6.20 Å². The maximum absolute atomic E-state index is 12.1. The number of morpholine rings is 1. The van der Waals surface area contributed by atoms with Gasteiger partial charge < -0.3 is 10.1 Å². The van der Waals surface area contributed by atoms with Crippen molar-refractivity contribution in [2.75, 3.05) is 26.2 Å². The van der Waals surface area contributed by atoms with Crippen molar-refractivity contribution in [3.05, 3.63) is 59.7 Å². The average Bonchev–Trinajstić information content (AvgIpc) is 2.61. The van der Waals surface area contributed by atoms with E-state index in [1.807, 2.05) is 13.0 Å². The van der Waals surface area contributed by atoms with Gasteiger partial charge in [-0.3, -0.25) is 14.7 Å². The van der Waals surface area contributed by atoms with Crippen molar-refractivity contribution in [3.8, 4) is 0 Å². The molecule has 2 heterocycles. The maximum Gasteiger partial charge on any atom is 0.271 e. The summed E-state index contributed by atoms with van der Waals surface area (Å²) in [7, 11) is 0. The van der Waals surface area contributed by atoms with Gasteiger partial charge in [0.2, 0.25) is 0 Å². The lowest BCUT2D eigenvalue weighted by molar-refractivity contribution is -0.0292. The van der Waals surface area contributed by atoms with Crippen molar-refractivity contribution in [2.45, 2.75) is 19.6 Å². The van der Waals surface area contributed by atoms with Crippen molar-refractivity contribution in [1.29, 1.82) is 0 Å². The summed E-state index contributed by atoms with van der Waals surface area (Å²) in [4.78, 5) is 22.6. The van der Waals surface area contributed by atoms with E-state index in [2.05, 4.69) is 44.5 Å². The third-order valence-electron chi connectivity index (χ3n) is 3.98. The summed E-state index contributed by atoms with van der Waals surface area (Å²) >= 11 is 0. The van der Waals surface area contributed by atoms with E-state index in [4.69, 9.17) is 4.74 Å². The van der Waals surface area contributed by atoms with Gasteiger partial charge in [0.15, 0.2) is 0 Å². The van der Waals surface area contributed by atoms with Crippen LogP contribution >= 0.6 is 0 Å². The molecule has 1 unspecified atom stereocenters. The molecule has 1 atom stereocenters. The molecule has 126 valence electrons. The molecular formula is C18H22N4O2. The van der Waals surface area contributed by atoms with E-state index < -0.39 is 0 Å². The molecule has 0 bridgehead atoms. The van der Waals surface area contributed by atoms with Gasteiger partial charge in [0.25, 0.3) is 5.91 Å². The first-order valence-corrected chi connectivity index (χ1v) is 8.15. The second kappa shape index (κ2) is 7.99. The average molecular weight is 326 g/mol. The van der Waals surface area contributed by atoms with Crippen LogP contribution in [0.4, 0.5) is 0 Å². The summed E-state index contributed by atoms with van der Waals surface area (Å²) in [5.74, 6) is -0.216. The fourth-order valence-corrected chi connectivity index (χ4v) is 2.70. The highest BCUT2D eigenvalue weighted by atomic mass is 16.5. The highest BCUT2D eigenvalue weighted by molar-refractivity contribution is 5.91. The molecule has 0 aliphatic carbocycles. The third kappa shape index (κ3) is 4.59. The van der Waals surface area contributed by atoms with Crippen molar-refractivity contribution in [2.24, 2.45) is 0 Å². The summed E-state index contributed by atoms with van der Waals surface area (Å²) in [5, 5.41) is 2.88. The van der Waals surface area contributed by atoms with Crippen LogP contribution in [-0.2, 0) is 11.3 Å².